The average Bonchev–Trinajstić information content (AvgIpc) is 2.73. The summed E-state index contributed by atoms with van der Waals surface area (Å²) in [5.41, 5.74) is 0. The third-order valence-corrected chi connectivity index (χ3v) is 5.46. The highest BCUT2D eigenvalue weighted by atomic mass is 32.2. The number of ether oxygens (including phenoxy) is 1. The number of carbonyl (C=O) groups is 1. The standard InChI is InChI=1S/C13H25NO4S/c1-4-11(2)13(15)14(7-5-8-18-3)12-6-9-19(16,17)10-12/h11-12H,4-10H2,1-3H3. The van der Waals surface area contributed by atoms with Gasteiger partial charge >= 0.3 is 0 Å². The van der Waals surface area contributed by atoms with Gasteiger partial charge in [-0.15, -0.1) is 0 Å². The third-order valence-electron chi connectivity index (χ3n) is 3.71. The number of nitrogens with zero attached hydrogens (tertiary/aromatic N) is 1. The van der Waals surface area contributed by atoms with Crippen LogP contribution in [0.15, 0.2) is 0 Å². The number of sulfone groups is 1. The number of rotatable bonds is 7. The summed E-state index contributed by atoms with van der Waals surface area (Å²) in [6, 6.07) is -0.150. The molecule has 0 aromatic rings. The molecule has 0 saturated carbocycles. The van der Waals surface area contributed by atoms with Gasteiger partial charge < -0.3 is 9.64 Å². The monoisotopic (exact) mass is 291 g/mol. The Labute approximate surface area is 116 Å². The molecule has 1 saturated heterocycles. The van der Waals surface area contributed by atoms with Gasteiger partial charge in [0.1, 0.15) is 0 Å². The first-order chi connectivity index (χ1) is 8.91. The number of carbonyl (C=O) groups excluding carboxylic acids is 1. The molecule has 2 unspecified atom stereocenters. The predicted octanol–water partition coefficient (Wildman–Crippen LogP) is 1.08. The van der Waals surface area contributed by atoms with E-state index in [2.05, 4.69) is 0 Å². The summed E-state index contributed by atoms with van der Waals surface area (Å²) < 4.78 is 28.2. The second-order valence-corrected chi connectivity index (χ2v) is 7.47. The van der Waals surface area contributed by atoms with Gasteiger partial charge in [-0.05, 0) is 19.3 Å². The molecule has 0 aromatic heterocycles. The first kappa shape index (κ1) is 16.4. The average molecular weight is 291 g/mol. The molecule has 6 heteroatoms. The SMILES string of the molecule is CCC(C)C(=O)N(CCCOC)C1CCS(=O)(=O)C1. The van der Waals surface area contributed by atoms with E-state index in [0.29, 0.717) is 19.6 Å². The van der Waals surface area contributed by atoms with Gasteiger partial charge in [-0.25, -0.2) is 8.42 Å². The van der Waals surface area contributed by atoms with E-state index >= 15 is 0 Å². The van der Waals surface area contributed by atoms with Crippen molar-refractivity contribution in [3.8, 4) is 0 Å². The number of hydrogen-bond donors (Lipinski definition) is 0. The van der Waals surface area contributed by atoms with Crippen LogP contribution in [0.4, 0.5) is 0 Å². The molecule has 112 valence electrons. The van der Waals surface area contributed by atoms with Crippen LogP contribution in [-0.4, -0.2) is 57.0 Å². The molecular formula is C13H25NO4S. The van der Waals surface area contributed by atoms with Crippen LogP contribution in [0.3, 0.4) is 0 Å². The molecule has 1 rings (SSSR count). The number of hydrogen-bond acceptors (Lipinski definition) is 4. The largest absolute Gasteiger partial charge is 0.385 e. The smallest absolute Gasteiger partial charge is 0.225 e. The molecular weight excluding hydrogens is 266 g/mol. The van der Waals surface area contributed by atoms with Gasteiger partial charge in [0.2, 0.25) is 5.91 Å². The summed E-state index contributed by atoms with van der Waals surface area (Å²) >= 11 is 0. The zero-order chi connectivity index (χ0) is 14.5. The van der Waals surface area contributed by atoms with Crippen molar-refractivity contribution in [2.24, 2.45) is 5.92 Å². The van der Waals surface area contributed by atoms with Gasteiger partial charge in [0, 0.05) is 32.2 Å². The Morgan fingerprint density at radius 3 is 2.63 bits per heavy atom. The van der Waals surface area contributed by atoms with Crippen LogP contribution in [-0.2, 0) is 19.4 Å². The van der Waals surface area contributed by atoms with Crippen LogP contribution in [0.25, 0.3) is 0 Å². The van der Waals surface area contributed by atoms with Crippen molar-refractivity contribution in [1.29, 1.82) is 0 Å². The quantitative estimate of drug-likeness (QED) is 0.659. The molecule has 1 aliphatic heterocycles. The van der Waals surface area contributed by atoms with Crippen molar-refractivity contribution in [3.63, 3.8) is 0 Å². The van der Waals surface area contributed by atoms with Gasteiger partial charge in [0.15, 0.2) is 9.84 Å². The summed E-state index contributed by atoms with van der Waals surface area (Å²) in [5, 5.41) is 0. The fraction of sp³-hybridized carbons (Fsp3) is 0.923. The van der Waals surface area contributed by atoms with E-state index in [-0.39, 0.29) is 29.4 Å². The van der Waals surface area contributed by atoms with Gasteiger partial charge in [-0.1, -0.05) is 13.8 Å². The van der Waals surface area contributed by atoms with Gasteiger partial charge in [0.25, 0.3) is 0 Å². The maximum Gasteiger partial charge on any atom is 0.225 e. The Kier molecular flexibility index (Phi) is 6.26. The summed E-state index contributed by atoms with van der Waals surface area (Å²) in [6.45, 7) is 5.04. The molecule has 0 bridgehead atoms. The maximum absolute atomic E-state index is 12.4. The molecule has 1 heterocycles. The van der Waals surface area contributed by atoms with Gasteiger partial charge in [-0.3, -0.25) is 4.79 Å². The van der Waals surface area contributed by atoms with Crippen LogP contribution in [0.2, 0.25) is 0 Å². The summed E-state index contributed by atoms with van der Waals surface area (Å²) in [7, 11) is -1.34. The van der Waals surface area contributed by atoms with Crippen LogP contribution in [0.1, 0.15) is 33.1 Å². The predicted molar refractivity (Wildman–Crippen MR) is 74.7 cm³/mol. The molecule has 1 fully saturated rings. The molecule has 0 radical (unpaired) electrons. The second kappa shape index (κ2) is 7.24. The molecule has 0 N–H and O–H groups in total. The lowest BCUT2D eigenvalue weighted by molar-refractivity contribution is -0.137. The molecule has 1 aliphatic rings. The van der Waals surface area contributed by atoms with Crippen LogP contribution < -0.4 is 0 Å². The normalized spacial score (nSPS) is 23.2. The molecule has 19 heavy (non-hydrogen) atoms. The van der Waals surface area contributed by atoms with E-state index in [4.69, 9.17) is 4.74 Å². The molecule has 1 amide bonds. The van der Waals surface area contributed by atoms with Gasteiger partial charge in [0.05, 0.1) is 11.5 Å². The lowest BCUT2D eigenvalue weighted by atomic mass is 10.1. The Bertz CT molecular complexity index is 393. The fourth-order valence-electron chi connectivity index (χ4n) is 2.33. The zero-order valence-electron chi connectivity index (χ0n) is 12.1. The minimum Gasteiger partial charge on any atom is -0.385 e. The second-order valence-electron chi connectivity index (χ2n) is 5.24. The Morgan fingerprint density at radius 2 is 2.16 bits per heavy atom. The first-order valence-electron chi connectivity index (χ1n) is 6.91. The minimum atomic E-state index is -2.96. The van der Waals surface area contributed by atoms with E-state index in [1.807, 2.05) is 13.8 Å². The van der Waals surface area contributed by atoms with Crippen molar-refractivity contribution >= 4 is 15.7 Å². The van der Waals surface area contributed by atoms with E-state index in [1.54, 1.807) is 12.0 Å². The Morgan fingerprint density at radius 1 is 1.47 bits per heavy atom. The molecule has 0 aromatic carbocycles. The Balaban J connectivity index is 2.72. The summed E-state index contributed by atoms with van der Waals surface area (Å²) in [4.78, 5) is 14.1. The third kappa shape index (κ3) is 4.76. The highest BCUT2D eigenvalue weighted by Crippen LogP contribution is 2.21. The molecule has 0 aliphatic carbocycles. The molecule has 2 atom stereocenters. The first-order valence-corrected chi connectivity index (χ1v) is 8.73. The fourth-order valence-corrected chi connectivity index (χ4v) is 4.06. The van der Waals surface area contributed by atoms with Crippen molar-refractivity contribution in [1.82, 2.24) is 4.90 Å². The van der Waals surface area contributed by atoms with E-state index < -0.39 is 9.84 Å². The van der Waals surface area contributed by atoms with Crippen molar-refractivity contribution < 1.29 is 17.9 Å². The van der Waals surface area contributed by atoms with E-state index in [9.17, 15) is 13.2 Å². The molecule has 5 nitrogen and oxygen atoms in total. The van der Waals surface area contributed by atoms with Crippen LogP contribution in [0.5, 0.6) is 0 Å². The van der Waals surface area contributed by atoms with Crippen molar-refractivity contribution in [2.75, 3.05) is 31.8 Å². The van der Waals surface area contributed by atoms with Crippen molar-refractivity contribution in [3.05, 3.63) is 0 Å². The van der Waals surface area contributed by atoms with E-state index in [0.717, 1.165) is 12.8 Å². The van der Waals surface area contributed by atoms with Crippen molar-refractivity contribution in [2.45, 2.75) is 39.2 Å². The lowest BCUT2D eigenvalue weighted by Gasteiger charge is -2.30. The Hall–Kier alpha value is -0.620. The maximum atomic E-state index is 12.4. The lowest BCUT2D eigenvalue weighted by Crippen LogP contribution is -2.44. The minimum absolute atomic E-state index is 0.0501. The number of amides is 1. The zero-order valence-corrected chi connectivity index (χ0v) is 12.9. The van der Waals surface area contributed by atoms with E-state index in [1.165, 1.54) is 0 Å². The topological polar surface area (TPSA) is 63.7 Å². The highest BCUT2D eigenvalue weighted by molar-refractivity contribution is 7.91. The summed E-state index contributed by atoms with van der Waals surface area (Å²) in [6.07, 6.45) is 2.09. The number of methoxy groups -OCH3 is 1. The summed E-state index contributed by atoms with van der Waals surface area (Å²) in [5.74, 6) is 0.334. The van der Waals surface area contributed by atoms with Gasteiger partial charge in [-0.2, -0.15) is 0 Å². The highest BCUT2D eigenvalue weighted by Gasteiger charge is 2.35. The molecule has 0 spiro atoms. The van der Waals surface area contributed by atoms with Crippen LogP contribution >= 0.6 is 0 Å². The van der Waals surface area contributed by atoms with Crippen LogP contribution in [0, 0.1) is 5.92 Å².